The molecule has 2 heteroatoms. The highest BCUT2D eigenvalue weighted by atomic mass is 16.1. The van der Waals surface area contributed by atoms with Gasteiger partial charge in [0, 0.05) is 12.1 Å². The molecule has 0 unspecified atom stereocenters. The van der Waals surface area contributed by atoms with Crippen molar-refractivity contribution in [2.24, 2.45) is 5.92 Å². The Hall–Kier alpha value is -0.790. The Kier molecular flexibility index (Phi) is 2.10. The molecule has 0 atom stereocenters. The van der Waals surface area contributed by atoms with E-state index in [4.69, 9.17) is 0 Å². The third-order valence-electron chi connectivity index (χ3n) is 1.64. The SMILES string of the molecule is CC(C)C1=CCCC(=O)N1. The summed E-state index contributed by atoms with van der Waals surface area (Å²) in [6.45, 7) is 4.16. The minimum Gasteiger partial charge on any atom is -0.330 e. The van der Waals surface area contributed by atoms with Crippen LogP contribution < -0.4 is 5.32 Å². The van der Waals surface area contributed by atoms with Gasteiger partial charge in [-0.3, -0.25) is 4.79 Å². The molecule has 0 aromatic carbocycles. The van der Waals surface area contributed by atoms with Gasteiger partial charge in [-0.1, -0.05) is 19.9 Å². The molecule has 0 fully saturated rings. The number of amides is 1. The molecule has 1 aliphatic rings. The first kappa shape index (κ1) is 7.32. The monoisotopic (exact) mass is 139 g/mol. The van der Waals surface area contributed by atoms with Crippen LogP contribution in [0.15, 0.2) is 11.8 Å². The highest BCUT2D eigenvalue weighted by Crippen LogP contribution is 2.12. The summed E-state index contributed by atoms with van der Waals surface area (Å²) in [7, 11) is 0. The zero-order chi connectivity index (χ0) is 7.56. The highest BCUT2D eigenvalue weighted by Gasteiger charge is 2.11. The maximum absolute atomic E-state index is 10.8. The first-order valence-electron chi connectivity index (χ1n) is 3.70. The van der Waals surface area contributed by atoms with Gasteiger partial charge in [0.2, 0.25) is 5.91 Å². The van der Waals surface area contributed by atoms with Gasteiger partial charge < -0.3 is 5.32 Å². The van der Waals surface area contributed by atoms with E-state index in [2.05, 4.69) is 25.2 Å². The Morgan fingerprint density at radius 2 is 2.30 bits per heavy atom. The number of carbonyl (C=O) groups is 1. The minimum absolute atomic E-state index is 0.159. The van der Waals surface area contributed by atoms with Crippen molar-refractivity contribution in [3.63, 3.8) is 0 Å². The Balaban J connectivity index is 2.60. The molecule has 56 valence electrons. The molecular weight excluding hydrogens is 126 g/mol. The van der Waals surface area contributed by atoms with Crippen LogP contribution in [0.25, 0.3) is 0 Å². The van der Waals surface area contributed by atoms with E-state index >= 15 is 0 Å². The topological polar surface area (TPSA) is 29.1 Å². The quantitative estimate of drug-likeness (QED) is 0.585. The second kappa shape index (κ2) is 2.86. The van der Waals surface area contributed by atoms with Crippen molar-refractivity contribution in [3.8, 4) is 0 Å². The lowest BCUT2D eigenvalue weighted by atomic mass is 10.1. The fourth-order valence-electron chi connectivity index (χ4n) is 1.01. The summed E-state index contributed by atoms with van der Waals surface area (Å²) >= 11 is 0. The van der Waals surface area contributed by atoms with Crippen LogP contribution in [0, 0.1) is 5.92 Å². The summed E-state index contributed by atoms with van der Waals surface area (Å²) in [6, 6.07) is 0. The second-order valence-electron chi connectivity index (χ2n) is 2.90. The molecular formula is C8H13NO. The van der Waals surface area contributed by atoms with Crippen molar-refractivity contribution in [1.82, 2.24) is 5.32 Å². The number of allylic oxidation sites excluding steroid dienone is 2. The molecule has 0 aromatic heterocycles. The van der Waals surface area contributed by atoms with E-state index in [1.54, 1.807) is 0 Å². The first-order chi connectivity index (χ1) is 4.70. The zero-order valence-electron chi connectivity index (χ0n) is 6.48. The molecule has 0 aromatic rings. The third-order valence-corrected chi connectivity index (χ3v) is 1.64. The van der Waals surface area contributed by atoms with E-state index < -0.39 is 0 Å². The van der Waals surface area contributed by atoms with Crippen molar-refractivity contribution >= 4 is 5.91 Å². The predicted molar refractivity (Wildman–Crippen MR) is 40.3 cm³/mol. The Morgan fingerprint density at radius 1 is 1.60 bits per heavy atom. The molecule has 10 heavy (non-hydrogen) atoms. The summed E-state index contributed by atoms with van der Waals surface area (Å²) in [5.41, 5.74) is 1.08. The summed E-state index contributed by atoms with van der Waals surface area (Å²) in [6.07, 6.45) is 3.65. The van der Waals surface area contributed by atoms with Gasteiger partial charge in [-0.25, -0.2) is 0 Å². The average Bonchev–Trinajstić information content (AvgIpc) is 1.88. The maximum atomic E-state index is 10.8. The molecule has 1 heterocycles. The number of hydrogen-bond donors (Lipinski definition) is 1. The predicted octanol–water partition coefficient (Wildman–Crippen LogP) is 1.44. The van der Waals surface area contributed by atoms with Crippen LogP contribution in [0.1, 0.15) is 26.7 Å². The van der Waals surface area contributed by atoms with Crippen molar-refractivity contribution in [2.45, 2.75) is 26.7 Å². The molecule has 0 radical (unpaired) electrons. The first-order valence-corrected chi connectivity index (χ1v) is 3.70. The minimum atomic E-state index is 0.159. The lowest BCUT2D eigenvalue weighted by Crippen LogP contribution is -2.27. The molecule has 2 nitrogen and oxygen atoms in total. The maximum Gasteiger partial charge on any atom is 0.224 e. The van der Waals surface area contributed by atoms with Crippen LogP contribution in [-0.4, -0.2) is 5.91 Å². The van der Waals surface area contributed by atoms with E-state index in [9.17, 15) is 4.79 Å². The van der Waals surface area contributed by atoms with Crippen molar-refractivity contribution in [3.05, 3.63) is 11.8 Å². The van der Waals surface area contributed by atoms with Gasteiger partial charge in [-0.15, -0.1) is 0 Å². The van der Waals surface area contributed by atoms with Gasteiger partial charge in [-0.2, -0.15) is 0 Å². The van der Waals surface area contributed by atoms with Crippen molar-refractivity contribution in [2.75, 3.05) is 0 Å². The van der Waals surface area contributed by atoms with E-state index in [-0.39, 0.29) is 5.91 Å². The van der Waals surface area contributed by atoms with Crippen LogP contribution >= 0.6 is 0 Å². The Labute approximate surface area is 61.3 Å². The van der Waals surface area contributed by atoms with Crippen molar-refractivity contribution < 1.29 is 4.79 Å². The van der Waals surface area contributed by atoms with Gasteiger partial charge in [0.05, 0.1) is 0 Å². The van der Waals surface area contributed by atoms with Gasteiger partial charge in [-0.05, 0) is 12.3 Å². The lowest BCUT2D eigenvalue weighted by molar-refractivity contribution is -0.120. The molecule has 0 aliphatic carbocycles. The van der Waals surface area contributed by atoms with E-state index in [0.717, 1.165) is 12.1 Å². The van der Waals surface area contributed by atoms with Gasteiger partial charge in [0.15, 0.2) is 0 Å². The number of hydrogen-bond acceptors (Lipinski definition) is 1. The molecule has 0 saturated heterocycles. The zero-order valence-corrected chi connectivity index (χ0v) is 6.48. The molecule has 0 bridgehead atoms. The van der Waals surface area contributed by atoms with Gasteiger partial charge in [0.1, 0.15) is 0 Å². The number of carbonyl (C=O) groups excluding carboxylic acids is 1. The molecule has 0 saturated carbocycles. The Morgan fingerprint density at radius 3 is 2.70 bits per heavy atom. The molecule has 0 spiro atoms. The van der Waals surface area contributed by atoms with Crippen LogP contribution in [0.4, 0.5) is 0 Å². The van der Waals surface area contributed by atoms with Gasteiger partial charge in [0.25, 0.3) is 0 Å². The standard InChI is InChI=1S/C8H13NO/c1-6(2)7-4-3-5-8(10)9-7/h4,6H,3,5H2,1-2H3,(H,9,10). The van der Waals surface area contributed by atoms with Crippen LogP contribution in [0.2, 0.25) is 0 Å². The second-order valence-corrected chi connectivity index (χ2v) is 2.90. The largest absolute Gasteiger partial charge is 0.330 e. The fraction of sp³-hybridized carbons (Fsp3) is 0.625. The fourth-order valence-corrected chi connectivity index (χ4v) is 1.01. The summed E-state index contributed by atoms with van der Waals surface area (Å²) in [5, 5.41) is 2.84. The van der Waals surface area contributed by atoms with Crippen LogP contribution in [0.3, 0.4) is 0 Å². The normalized spacial score (nSPS) is 18.7. The third kappa shape index (κ3) is 1.59. The van der Waals surface area contributed by atoms with Crippen molar-refractivity contribution in [1.29, 1.82) is 0 Å². The molecule has 1 amide bonds. The van der Waals surface area contributed by atoms with E-state index in [1.807, 2.05) is 0 Å². The highest BCUT2D eigenvalue weighted by molar-refractivity contribution is 5.79. The van der Waals surface area contributed by atoms with E-state index in [1.165, 1.54) is 0 Å². The van der Waals surface area contributed by atoms with Gasteiger partial charge >= 0.3 is 0 Å². The Bertz CT molecular complexity index is 170. The van der Waals surface area contributed by atoms with E-state index in [0.29, 0.717) is 12.3 Å². The molecule has 1 rings (SSSR count). The number of rotatable bonds is 1. The summed E-state index contributed by atoms with van der Waals surface area (Å²) in [4.78, 5) is 10.8. The molecule has 1 N–H and O–H groups in total. The number of nitrogens with one attached hydrogen (secondary N) is 1. The molecule has 1 aliphatic heterocycles. The average molecular weight is 139 g/mol. The summed E-state index contributed by atoms with van der Waals surface area (Å²) in [5.74, 6) is 0.607. The lowest BCUT2D eigenvalue weighted by Gasteiger charge is -2.16. The van der Waals surface area contributed by atoms with Crippen LogP contribution in [0.5, 0.6) is 0 Å². The summed E-state index contributed by atoms with van der Waals surface area (Å²) < 4.78 is 0. The van der Waals surface area contributed by atoms with Crippen LogP contribution in [-0.2, 0) is 4.79 Å². The smallest absolute Gasteiger partial charge is 0.224 e.